The van der Waals surface area contributed by atoms with E-state index in [1.54, 1.807) is 23.4 Å². The molecule has 3 heterocycles. The van der Waals surface area contributed by atoms with Gasteiger partial charge in [-0.25, -0.2) is 4.98 Å². The van der Waals surface area contributed by atoms with Crippen molar-refractivity contribution in [3.8, 4) is 11.6 Å². The Labute approximate surface area is 174 Å². The zero-order valence-corrected chi connectivity index (χ0v) is 16.9. The number of aryl methyl sites for hydroxylation is 1. The Morgan fingerprint density at radius 1 is 1.17 bits per heavy atom. The third-order valence-electron chi connectivity index (χ3n) is 5.10. The van der Waals surface area contributed by atoms with Gasteiger partial charge in [0.05, 0.1) is 22.3 Å². The molecule has 3 aromatic rings. The van der Waals surface area contributed by atoms with Gasteiger partial charge in [0.25, 0.3) is 0 Å². The number of benzene rings is 1. The molecule has 6 nitrogen and oxygen atoms in total. The number of pyridine rings is 2. The third kappa shape index (κ3) is 3.76. The summed E-state index contributed by atoms with van der Waals surface area (Å²) in [6, 6.07) is 7.58. The summed E-state index contributed by atoms with van der Waals surface area (Å²) in [6.45, 7) is 8.25. The first kappa shape index (κ1) is 19.2. The van der Waals surface area contributed by atoms with Gasteiger partial charge < -0.3 is 14.5 Å². The highest BCUT2D eigenvalue weighted by Crippen LogP contribution is 2.36. The molecule has 0 aliphatic carbocycles. The Morgan fingerprint density at radius 3 is 2.69 bits per heavy atom. The minimum absolute atomic E-state index is 0.0318. The Kier molecular flexibility index (Phi) is 5.36. The van der Waals surface area contributed by atoms with Crippen LogP contribution in [0, 0.1) is 6.92 Å². The predicted molar refractivity (Wildman–Crippen MR) is 115 cm³/mol. The number of ether oxygens (including phenoxy) is 1. The van der Waals surface area contributed by atoms with Gasteiger partial charge in [-0.2, -0.15) is 0 Å². The van der Waals surface area contributed by atoms with Crippen molar-refractivity contribution in [1.82, 2.24) is 14.9 Å². The van der Waals surface area contributed by atoms with Gasteiger partial charge >= 0.3 is 0 Å². The first-order valence-corrected chi connectivity index (χ1v) is 9.78. The van der Waals surface area contributed by atoms with Crippen molar-refractivity contribution in [2.75, 3.05) is 31.1 Å². The van der Waals surface area contributed by atoms with Crippen molar-refractivity contribution in [2.24, 2.45) is 0 Å². The third-order valence-corrected chi connectivity index (χ3v) is 5.40. The van der Waals surface area contributed by atoms with Gasteiger partial charge in [-0.15, -0.1) is 0 Å². The molecule has 1 fully saturated rings. The normalized spacial score (nSPS) is 14.1. The lowest BCUT2D eigenvalue weighted by Gasteiger charge is -2.36. The Balaban J connectivity index is 1.66. The number of carbonyl (C=O) groups is 1. The number of anilines is 1. The number of para-hydroxylation sites is 1. The first-order chi connectivity index (χ1) is 14.1. The molecule has 7 heteroatoms. The number of piperazine rings is 1. The van der Waals surface area contributed by atoms with Crippen molar-refractivity contribution in [3.63, 3.8) is 0 Å². The number of aromatic nitrogens is 2. The highest BCUT2D eigenvalue weighted by Gasteiger charge is 2.22. The van der Waals surface area contributed by atoms with E-state index < -0.39 is 0 Å². The van der Waals surface area contributed by atoms with Gasteiger partial charge in [0, 0.05) is 44.0 Å². The molecule has 0 bridgehead atoms. The van der Waals surface area contributed by atoms with E-state index in [0.717, 1.165) is 35.1 Å². The number of hydrogen-bond acceptors (Lipinski definition) is 5. The van der Waals surface area contributed by atoms with Crippen LogP contribution in [0.2, 0.25) is 5.02 Å². The van der Waals surface area contributed by atoms with Crippen LogP contribution in [-0.4, -0.2) is 47.0 Å². The largest absolute Gasteiger partial charge is 0.436 e. The summed E-state index contributed by atoms with van der Waals surface area (Å²) in [5.74, 6) is 1.03. The van der Waals surface area contributed by atoms with E-state index in [2.05, 4.69) is 21.4 Å². The summed E-state index contributed by atoms with van der Waals surface area (Å²) in [5.41, 5.74) is 1.93. The molecule has 0 radical (unpaired) electrons. The van der Waals surface area contributed by atoms with Crippen LogP contribution >= 0.6 is 11.6 Å². The standard InChI is InChI=1S/C22H21ClN4O2/c1-3-20(28)27-11-9-26(10-12-27)19-14-24-13-17-16(19)7-8-25-22(17)29-21-15(2)5-4-6-18(21)23/h3-8,13-14H,1,9-12H2,2H3. The molecule has 1 aliphatic rings. The van der Waals surface area contributed by atoms with Crippen molar-refractivity contribution in [3.05, 3.63) is 66.1 Å². The number of amides is 1. The molecule has 1 saturated heterocycles. The lowest BCUT2D eigenvalue weighted by molar-refractivity contribution is -0.126. The number of carbonyl (C=O) groups excluding carboxylic acids is 1. The highest BCUT2D eigenvalue weighted by atomic mass is 35.5. The van der Waals surface area contributed by atoms with Crippen LogP contribution in [0.5, 0.6) is 11.6 Å². The molecule has 0 spiro atoms. The van der Waals surface area contributed by atoms with E-state index >= 15 is 0 Å². The van der Waals surface area contributed by atoms with Crippen molar-refractivity contribution in [1.29, 1.82) is 0 Å². The van der Waals surface area contributed by atoms with Crippen molar-refractivity contribution in [2.45, 2.75) is 6.92 Å². The topological polar surface area (TPSA) is 58.6 Å². The summed E-state index contributed by atoms with van der Waals surface area (Å²) in [4.78, 5) is 24.7. The Hall–Kier alpha value is -3.12. The van der Waals surface area contributed by atoms with Crippen molar-refractivity contribution >= 4 is 34.0 Å². The minimum Gasteiger partial charge on any atom is -0.436 e. The lowest BCUT2D eigenvalue weighted by atomic mass is 10.1. The van der Waals surface area contributed by atoms with E-state index in [1.807, 2.05) is 31.3 Å². The Bertz CT molecular complexity index is 1060. The fourth-order valence-electron chi connectivity index (χ4n) is 3.53. The van der Waals surface area contributed by atoms with Crippen LogP contribution in [0.1, 0.15) is 5.56 Å². The van der Waals surface area contributed by atoms with Crippen LogP contribution in [0.15, 0.2) is 55.5 Å². The van der Waals surface area contributed by atoms with E-state index in [9.17, 15) is 4.79 Å². The second-order valence-corrected chi connectivity index (χ2v) is 7.28. The second-order valence-electron chi connectivity index (χ2n) is 6.87. The summed E-state index contributed by atoms with van der Waals surface area (Å²) in [7, 11) is 0. The fourth-order valence-corrected chi connectivity index (χ4v) is 3.79. The minimum atomic E-state index is -0.0318. The number of hydrogen-bond donors (Lipinski definition) is 0. The zero-order chi connectivity index (χ0) is 20.4. The molecule has 1 aromatic carbocycles. The second kappa shape index (κ2) is 8.09. The maximum absolute atomic E-state index is 11.8. The molecule has 0 saturated carbocycles. The van der Waals surface area contributed by atoms with Gasteiger partial charge in [-0.1, -0.05) is 30.3 Å². The van der Waals surface area contributed by atoms with E-state index in [1.165, 1.54) is 6.08 Å². The van der Waals surface area contributed by atoms with E-state index in [-0.39, 0.29) is 5.91 Å². The maximum Gasteiger partial charge on any atom is 0.246 e. The molecule has 0 N–H and O–H groups in total. The molecular formula is C22H21ClN4O2. The molecular weight excluding hydrogens is 388 g/mol. The first-order valence-electron chi connectivity index (χ1n) is 9.40. The molecule has 0 atom stereocenters. The highest BCUT2D eigenvalue weighted by molar-refractivity contribution is 6.32. The van der Waals surface area contributed by atoms with Gasteiger partial charge in [-0.05, 0) is 30.7 Å². The number of rotatable bonds is 4. The maximum atomic E-state index is 11.8. The van der Waals surface area contributed by atoms with Gasteiger partial charge in [-0.3, -0.25) is 9.78 Å². The molecule has 4 rings (SSSR count). The average Bonchev–Trinajstić information content (AvgIpc) is 2.75. The lowest BCUT2D eigenvalue weighted by Crippen LogP contribution is -2.48. The monoisotopic (exact) mass is 408 g/mol. The molecule has 29 heavy (non-hydrogen) atoms. The number of fused-ring (bicyclic) bond motifs is 1. The van der Waals surface area contributed by atoms with Crippen LogP contribution in [0.4, 0.5) is 5.69 Å². The van der Waals surface area contributed by atoms with Crippen LogP contribution in [0.25, 0.3) is 10.8 Å². The zero-order valence-electron chi connectivity index (χ0n) is 16.1. The molecule has 0 unspecified atom stereocenters. The molecule has 2 aromatic heterocycles. The van der Waals surface area contributed by atoms with Crippen LogP contribution < -0.4 is 9.64 Å². The average molecular weight is 409 g/mol. The number of nitrogens with zero attached hydrogens (tertiary/aromatic N) is 4. The van der Waals surface area contributed by atoms with Gasteiger partial charge in [0.2, 0.25) is 11.8 Å². The number of halogens is 1. The predicted octanol–water partition coefficient (Wildman–Crippen LogP) is 4.22. The molecule has 1 aliphatic heterocycles. The molecule has 1 amide bonds. The smallest absolute Gasteiger partial charge is 0.246 e. The summed E-state index contributed by atoms with van der Waals surface area (Å²) < 4.78 is 6.09. The van der Waals surface area contributed by atoms with Gasteiger partial charge in [0.1, 0.15) is 0 Å². The van der Waals surface area contributed by atoms with Gasteiger partial charge in [0.15, 0.2) is 5.75 Å². The van der Waals surface area contributed by atoms with E-state index in [0.29, 0.717) is 29.7 Å². The Morgan fingerprint density at radius 2 is 1.97 bits per heavy atom. The quantitative estimate of drug-likeness (QED) is 0.605. The van der Waals surface area contributed by atoms with Crippen molar-refractivity contribution < 1.29 is 9.53 Å². The summed E-state index contributed by atoms with van der Waals surface area (Å²) in [5, 5.41) is 2.35. The fraction of sp³-hybridized carbons (Fsp3) is 0.227. The van der Waals surface area contributed by atoms with Crippen LogP contribution in [-0.2, 0) is 4.79 Å². The van der Waals surface area contributed by atoms with E-state index in [4.69, 9.17) is 16.3 Å². The summed E-state index contributed by atoms with van der Waals surface area (Å²) in [6.07, 6.45) is 6.69. The van der Waals surface area contributed by atoms with Crippen LogP contribution in [0.3, 0.4) is 0 Å². The summed E-state index contributed by atoms with van der Waals surface area (Å²) >= 11 is 6.32. The molecule has 148 valence electrons. The SMILES string of the molecule is C=CC(=O)N1CCN(c2cncc3c(Oc4c(C)cccc4Cl)nccc23)CC1.